The quantitative estimate of drug-likeness (QED) is 0.0297. The van der Waals surface area contributed by atoms with Crippen LogP contribution in [0.1, 0.15) is 129 Å². The minimum Gasteiger partial charge on any atom is -0.458 e. The van der Waals surface area contributed by atoms with Crippen LogP contribution in [0.4, 0.5) is 5.69 Å². The summed E-state index contributed by atoms with van der Waals surface area (Å²) >= 11 is 1.48. The number of Topliss-reactive ketones (excluding diaryl/α,β-unsaturated/α-hetero) is 1. The zero-order valence-electron chi connectivity index (χ0n) is 39.1. The number of hydrogen-bond acceptors (Lipinski definition) is 12. The number of aryl methyl sites for hydroxylation is 1. The molecule has 2 aromatic rings. The molecule has 1 aromatic heterocycles. The summed E-state index contributed by atoms with van der Waals surface area (Å²) in [5, 5.41) is 18.3. The van der Waals surface area contributed by atoms with Crippen LogP contribution in [0.15, 0.2) is 40.3 Å². The molecule has 0 saturated carbocycles. The summed E-state index contributed by atoms with van der Waals surface area (Å²) in [6, 6.07) is 9.27. The first kappa shape index (κ1) is 52.6. The number of cyclic esters (lactones) is 1. The van der Waals surface area contributed by atoms with Crippen molar-refractivity contribution in [3.8, 4) is 0 Å². The van der Waals surface area contributed by atoms with Gasteiger partial charge in [-0.1, -0.05) is 74.4 Å². The Labute approximate surface area is 375 Å². The molecule has 0 unspecified atom stereocenters. The lowest BCUT2D eigenvalue weighted by Gasteiger charge is -2.44. The summed E-state index contributed by atoms with van der Waals surface area (Å²) in [4.78, 5) is 62.0. The Hall–Kier alpha value is -3.74. The van der Waals surface area contributed by atoms with E-state index in [4.69, 9.17) is 18.3 Å². The summed E-state index contributed by atoms with van der Waals surface area (Å²) in [5.41, 5.74) is 10.1. The molecule has 3 rings (SSSR count). The Bertz CT molecular complexity index is 1880. The van der Waals surface area contributed by atoms with Crippen molar-refractivity contribution in [2.24, 2.45) is 22.4 Å². The maximum Gasteiger partial charge on any atom is 0.338 e. The van der Waals surface area contributed by atoms with E-state index in [-0.39, 0.29) is 42.2 Å². The van der Waals surface area contributed by atoms with E-state index in [0.29, 0.717) is 24.1 Å². The molecule has 1 saturated heterocycles. The third kappa shape index (κ3) is 13.6. The first-order valence-electron chi connectivity index (χ1n) is 22.5. The Kier molecular flexibility index (Phi) is 20.2. The lowest BCUT2D eigenvalue weighted by atomic mass is 9.73. The normalized spacial score (nSPS) is 24.8. The number of nitrogens with zero attached hydrogens (tertiary/aromatic N) is 5. The summed E-state index contributed by atoms with van der Waals surface area (Å²) in [5.74, 6) is -1.99. The van der Waals surface area contributed by atoms with Gasteiger partial charge in [0.05, 0.1) is 45.9 Å². The number of thiazole rings is 1. The van der Waals surface area contributed by atoms with Crippen molar-refractivity contribution < 1.29 is 37.6 Å². The van der Waals surface area contributed by atoms with Gasteiger partial charge in [-0.15, -0.1) is 11.3 Å². The highest BCUT2D eigenvalue weighted by Crippen LogP contribution is 2.40. The van der Waals surface area contributed by atoms with Crippen LogP contribution in [0.3, 0.4) is 0 Å². The molecule has 17 heteroatoms. The zero-order chi connectivity index (χ0) is 46.4. The van der Waals surface area contributed by atoms with Crippen molar-refractivity contribution in [2.75, 3.05) is 0 Å². The number of hydrogen-bond donors (Lipinski definition) is 0. The minimum absolute atomic E-state index is 0.0264. The second kappa shape index (κ2) is 23.8. The van der Waals surface area contributed by atoms with Gasteiger partial charge < -0.3 is 18.3 Å². The summed E-state index contributed by atoms with van der Waals surface area (Å²) in [6.07, 6.45) is -0.136. The first-order valence-corrected chi connectivity index (χ1v) is 28.4. The molecule has 0 bridgehead atoms. The van der Waals surface area contributed by atoms with Crippen molar-refractivity contribution in [2.45, 2.75) is 182 Å². The Balaban J connectivity index is 2.26. The molecule has 0 spiro atoms. The predicted octanol–water partition coefficient (Wildman–Crippen LogP) is 12.2. The number of ether oxygens (including phenoxy) is 2. The summed E-state index contributed by atoms with van der Waals surface area (Å²) in [6.45, 7) is 24.4. The molecule has 14 nitrogen and oxygen atoms in total. The zero-order valence-corrected chi connectivity index (χ0v) is 41.9. The highest BCUT2D eigenvalue weighted by Gasteiger charge is 2.48. The molecule has 0 aliphatic carbocycles. The smallest absolute Gasteiger partial charge is 0.338 e. The third-order valence-corrected chi connectivity index (χ3v) is 23.6. The molecule has 62 heavy (non-hydrogen) atoms. The van der Waals surface area contributed by atoms with Gasteiger partial charge >= 0.3 is 11.9 Å². The van der Waals surface area contributed by atoms with Crippen molar-refractivity contribution in [3.63, 3.8) is 0 Å². The largest absolute Gasteiger partial charge is 0.458 e. The van der Waals surface area contributed by atoms with Gasteiger partial charge in [0.25, 0.3) is 5.69 Å². The van der Waals surface area contributed by atoms with E-state index in [1.807, 2.05) is 46.1 Å². The standard InChI is InChI=1S/C45H71N5O9SSi2/c1-13-61(14-2,15-3)58-40-28-41(51)56-39(31(8)26-35-29-60-33(10)47-35)27-37(48-49-46)38(57-44(53)34-22-24-36(25-23-34)50(54)55)21-19-20-30(7)42(32(9)43(52)45(40,11)12)59-62(16-4,17-5)18-6/h22-26,29-30,32,37-40,42H,13-21,27-28H2,1-12H3/t30-,32+,37-,38-,39-,40+,42-/m1/s1. The second-order valence-corrected chi connectivity index (χ2v) is 28.1. The minimum atomic E-state index is -2.39. The van der Waals surface area contributed by atoms with Crippen molar-refractivity contribution in [1.29, 1.82) is 0 Å². The number of aromatic nitrogens is 1. The van der Waals surface area contributed by atoms with Gasteiger partial charge in [-0.2, -0.15) is 0 Å². The van der Waals surface area contributed by atoms with E-state index in [2.05, 4.69) is 63.5 Å². The lowest BCUT2D eigenvalue weighted by molar-refractivity contribution is -0.384. The number of esters is 2. The molecular formula is C45H71N5O9SSi2. The van der Waals surface area contributed by atoms with Gasteiger partial charge in [-0.05, 0) is 105 Å². The fraction of sp³-hybridized carbons (Fsp3) is 0.689. The maximum absolute atomic E-state index is 15.2. The topological polar surface area (TPSA) is 193 Å². The highest BCUT2D eigenvalue weighted by atomic mass is 32.1. The molecule has 0 amide bonds. The Morgan fingerprint density at radius 2 is 1.60 bits per heavy atom. The van der Waals surface area contributed by atoms with Gasteiger partial charge in [0, 0.05) is 40.2 Å². The fourth-order valence-corrected chi connectivity index (χ4v) is 15.3. The van der Waals surface area contributed by atoms with Crippen LogP contribution in [0.5, 0.6) is 0 Å². The monoisotopic (exact) mass is 913 g/mol. The van der Waals surface area contributed by atoms with Crippen LogP contribution < -0.4 is 0 Å². The first-order chi connectivity index (χ1) is 29.3. The van der Waals surface area contributed by atoms with Crippen LogP contribution >= 0.6 is 11.3 Å². The van der Waals surface area contributed by atoms with Crippen molar-refractivity contribution >= 4 is 57.5 Å². The van der Waals surface area contributed by atoms with E-state index in [1.54, 1.807) is 0 Å². The van der Waals surface area contributed by atoms with Crippen LogP contribution in [0.25, 0.3) is 16.5 Å². The molecule has 0 radical (unpaired) electrons. The molecule has 0 N–H and O–H groups in total. The van der Waals surface area contributed by atoms with E-state index in [9.17, 15) is 25.2 Å². The average molecular weight is 914 g/mol. The van der Waals surface area contributed by atoms with Crippen LogP contribution in [0, 0.1) is 34.3 Å². The Morgan fingerprint density at radius 1 is 1.02 bits per heavy atom. The fourth-order valence-electron chi connectivity index (χ4n) is 8.72. The maximum atomic E-state index is 15.2. The number of nitro benzene ring substituents is 1. The highest BCUT2D eigenvalue weighted by molar-refractivity contribution is 7.09. The number of benzene rings is 1. The number of nitro groups is 1. The van der Waals surface area contributed by atoms with Gasteiger partial charge in [-0.25, -0.2) is 9.78 Å². The van der Waals surface area contributed by atoms with Crippen LogP contribution in [0.2, 0.25) is 36.3 Å². The van der Waals surface area contributed by atoms with Crippen molar-refractivity contribution in [1.82, 2.24) is 4.98 Å². The van der Waals surface area contributed by atoms with E-state index in [0.717, 1.165) is 41.3 Å². The second-order valence-electron chi connectivity index (χ2n) is 17.6. The summed E-state index contributed by atoms with van der Waals surface area (Å²) < 4.78 is 26.9. The number of carbonyl (C=O) groups excluding carboxylic acids is 3. The number of azide groups is 1. The van der Waals surface area contributed by atoms with Gasteiger partial charge in [0.15, 0.2) is 16.6 Å². The predicted molar refractivity (Wildman–Crippen MR) is 250 cm³/mol. The van der Waals surface area contributed by atoms with Crippen LogP contribution in [-0.2, 0) is 27.9 Å². The van der Waals surface area contributed by atoms with Gasteiger partial charge in [0.2, 0.25) is 0 Å². The number of non-ortho nitro benzene ring substituents is 1. The average Bonchev–Trinajstić information content (AvgIpc) is 3.67. The number of ketones is 1. The SMILES string of the molecule is CC[Si](CC)(CC)O[C@@H]1[C@H](C)CCC[C@@H](OC(=O)c2ccc([N+](=O)[O-])cc2)[C@H](N=[N+]=[N-])C[C@H](C(C)=Cc2csc(C)n2)OC(=O)C[C@H](O[Si](CC)(CC)CC)C(C)(C)C(=O)[C@H]1C. The molecule has 7 atom stereocenters. The van der Waals surface area contributed by atoms with E-state index >= 15 is 4.79 Å². The van der Waals surface area contributed by atoms with E-state index < -0.39 is 75.3 Å². The van der Waals surface area contributed by atoms with Gasteiger partial charge in [-0.3, -0.25) is 19.7 Å². The lowest BCUT2D eigenvalue weighted by Crippen LogP contribution is -2.53. The third-order valence-electron chi connectivity index (χ3n) is 13.5. The molecule has 1 aliphatic rings. The van der Waals surface area contributed by atoms with Crippen molar-refractivity contribution in [3.05, 3.63) is 72.0 Å². The Morgan fingerprint density at radius 3 is 2.11 bits per heavy atom. The van der Waals surface area contributed by atoms with Gasteiger partial charge in [0.1, 0.15) is 18.0 Å². The molecular weight excluding hydrogens is 843 g/mol. The number of rotatable bonds is 16. The molecule has 1 aromatic carbocycles. The van der Waals surface area contributed by atoms with E-state index in [1.165, 1.54) is 35.6 Å². The molecule has 2 heterocycles. The summed E-state index contributed by atoms with van der Waals surface area (Å²) in [7, 11) is -4.64. The number of carbonyl (C=O) groups is 3. The molecule has 1 aliphatic heterocycles. The molecule has 1 fully saturated rings. The van der Waals surface area contributed by atoms with Crippen LogP contribution in [-0.4, -0.2) is 74.7 Å². The molecule has 344 valence electrons.